The highest BCUT2D eigenvalue weighted by molar-refractivity contribution is 4.87. The smallest absolute Gasteiger partial charge is 0.137 e. The van der Waals surface area contributed by atoms with Crippen LogP contribution in [0.1, 0.15) is 13.3 Å². The van der Waals surface area contributed by atoms with E-state index < -0.39 is 0 Å². The van der Waals surface area contributed by atoms with E-state index in [0.29, 0.717) is 12.1 Å². The first kappa shape index (κ1) is 7.53. The number of hydrogen-bond acceptors (Lipinski definition) is 3. The first-order valence-electron chi connectivity index (χ1n) is 4.24. The highest BCUT2D eigenvalue weighted by Gasteiger charge is 2.39. The largest absolute Gasteiger partial charge is 0.372 e. The summed E-state index contributed by atoms with van der Waals surface area (Å²) in [5.41, 5.74) is 0. The Labute approximate surface area is 67.3 Å². The molecule has 2 fully saturated rings. The van der Waals surface area contributed by atoms with Gasteiger partial charge in [0.1, 0.15) is 6.23 Å². The zero-order valence-electron chi connectivity index (χ0n) is 7.12. The van der Waals surface area contributed by atoms with Gasteiger partial charge in [-0.25, -0.2) is 0 Å². The molecular weight excluding hydrogens is 142 g/mol. The Kier molecular flexibility index (Phi) is 1.87. The Balaban J connectivity index is 2.05. The Hall–Kier alpha value is -0.120. The Bertz CT molecular complexity index is 151. The highest BCUT2D eigenvalue weighted by atomic mass is 16.6. The van der Waals surface area contributed by atoms with Crippen molar-refractivity contribution in [2.45, 2.75) is 31.7 Å². The van der Waals surface area contributed by atoms with Crippen molar-refractivity contribution >= 4 is 0 Å². The van der Waals surface area contributed by atoms with Crippen molar-refractivity contribution in [2.75, 3.05) is 20.3 Å². The Morgan fingerprint density at radius 2 is 2.00 bits per heavy atom. The third-order valence-corrected chi connectivity index (χ3v) is 2.69. The summed E-state index contributed by atoms with van der Waals surface area (Å²) in [6, 6.07) is 0.600. The second-order valence-corrected chi connectivity index (χ2v) is 3.42. The van der Waals surface area contributed by atoms with Gasteiger partial charge in [-0.1, -0.05) is 0 Å². The molecule has 0 amide bonds. The molecule has 3 nitrogen and oxygen atoms in total. The molecule has 2 aliphatic heterocycles. The van der Waals surface area contributed by atoms with E-state index in [1.807, 2.05) is 0 Å². The lowest BCUT2D eigenvalue weighted by molar-refractivity contribution is -0.163. The lowest BCUT2D eigenvalue weighted by atomic mass is 10.2. The van der Waals surface area contributed by atoms with E-state index >= 15 is 0 Å². The molecule has 0 bridgehead atoms. The molecule has 3 atom stereocenters. The summed E-state index contributed by atoms with van der Waals surface area (Å²) in [6.07, 6.45) is 1.66. The molecule has 2 saturated heterocycles. The lowest BCUT2D eigenvalue weighted by Gasteiger charge is -2.30. The van der Waals surface area contributed by atoms with E-state index in [4.69, 9.17) is 9.47 Å². The summed E-state index contributed by atoms with van der Waals surface area (Å²) in [5, 5.41) is 0. The molecule has 64 valence electrons. The maximum Gasteiger partial charge on any atom is 0.137 e. The monoisotopic (exact) mass is 157 g/mol. The van der Waals surface area contributed by atoms with Gasteiger partial charge in [0.05, 0.1) is 19.3 Å². The van der Waals surface area contributed by atoms with Crippen molar-refractivity contribution in [3.63, 3.8) is 0 Å². The molecule has 3 unspecified atom stereocenters. The first-order valence-corrected chi connectivity index (χ1v) is 4.24. The van der Waals surface area contributed by atoms with Gasteiger partial charge >= 0.3 is 0 Å². The van der Waals surface area contributed by atoms with Gasteiger partial charge in [-0.05, 0) is 20.4 Å². The number of likely N-dealkylation sites (tertiary alicyclic amines) is 1. The van der Waals surface area contributed by atoms with E-state index in [2.05, 4.69) is 18.9 Å². The first-order chi connectivity index (χ1) is 5.29. The SMILES string of the molecule is CC1CC2OCCOC2N1C. The molecule has 2 heterocycles. The van der Waals surface area contributed by atoms with Crippen LogP contribution in [-0.4, -0.2) is 43.5 Å². The van der Waals surface area contributed by atoms with E-state index in [1.54, 1.807) is 0 Å². The molecule has 0 aliphatic carbocycles. The van der Waals surface area contributed by atoms with E-state index in [1.165, 1.54) is 0 Å². The number of fused-ring (bicyclic) bond motifs is 1. The Morgan fingerprint density at radius 1 is 1.27 bits per heavy atom. The quantitative estimate of drug-likeness (QED) is 0.509. The molecule has 2 rings (SSSR count). The average Bonchev–Trinajstić information content (AvgIpc) is 2.30. The maximum atomic E-state index is 5.59. The van der Waals surface area contributed by atoms with Crippen molar-refractivity contribution in [1.82, 2.24) is 4.90 Å². The van der Waals surface area contributed by atoms with Crippen molar-refractivity contribution in [3.8, 4) is 0 Å². The van der Waals surface area contributed by atoms with Gasteiger partial charge in [-0.15, -0.1) is 0 Å². The van der Waals surface area contributed by atoms with Gasteiger partial charge < -0.3 is 9.47 Å². The van der Waals surface area contributed by atoms with Crippen LogP contribution < -0.4 is 0 Å². The minimum Gasteiger partial charge on any atom is -0.372 e. The predicted molar refractivity (Wildman–Crippen MR) is 41.3 cm³/mol. The molecule has 3 heteroatoms. The third-order valence-electron chi connectivity index (χ3n) is 2.69. The third kappa shape index (κ3) is 1.17. The molecule has 2 aliphatic rings. The lowest BCUT2D eigenvalue weighted by Crippen LogP contribution is -2.42. The minimum absolute atomic E-state index is 0.221. The fourth-order valence-electron chi connectivity index (χ4n) is 1.88. The Morgan fingerprint density at radius 3 is 2.73 bits per heavy atom. The highest BCUT2D eigenvalue weighted by Crippen LogP contribution is 2.27. The number of rotatable bonds is 0. The van der Waals surface area contributed by atoms with Gasteiger partial charge in [0.15, 0.2) is 0 Å². The summed E-state index contributed by atoms with van der Waals surface area (Å²) in [5.74, 6) is 0. The molecule has 0 aromatic carbocycles. The number of ether oxygens (including phenoxy) is 2. The zero-order valence-corrected chi connectivity index (χ0v) is 7.12. The van der Waals surface area contributed by atoms with Crippen LogP contribution in [0.2, 0.25) is 0 Å². The summed E-state index contributed by atoms with van der Waals surface area (Å²) < 4.78 is 11.2. The maximum absolute atomic E-state index is 5.59. The van der Waals surface area contributed by atoms with E-state index in [0.717, 1.165) is 19.6 Å². The molecule has 11 heavy (non-hydrogen) atoms. The topological polar surface area (TPSA) is 21.7 Å². The minimum atomic E-state index is 0.221. The number of likely N-dealkylation sites (N-methyl/N-ethyl adjacent to an activating group) is 1. The summed E-state index contributed by atoms with van der Waals surface area (Å²) in [6.45, 7) is 3.73. The summed E-state index contributed by atoms with van der Waals surface area (Å²) in [7, 11) is 2.10. The molecular formula is C8H15NO2. The van der Waals surface area contributed by atoms with Gasteiger partial charge in [-0.2, -0.15) is 0 Å². The molecule has 0 radical (unpaired) electrons. The molecule has 0 aromatic heterocycles. The van der Waals surface area contributed by atoms with Gasteiger partial charge in [-0.3, -0.25) is 4.90 Å². The second kappa shape index (κ2) is 2.73. The average molecular weight is 157 g/mol. The van der Waals surface area contributed by atoms with Crippen LogP contribution in [0.4, 0.5) is 0 Å². The molecule has 0 saturated carbocycles. The van der Waals surface area contributed by atoms with E-state index in [9.17, 15) is 0 Å². The molecule has 0 aromatic rings. The van der Waals surface area contributed by atoms with Gasteiger partial charge in [0.25, 0.3) is 0 Å². The normalized spacial score (nSPS) is 45.8. The zero-order chi connectivity index (χ0) is 7.84. The molecule has 0 N–H and O–H groups in total. The standard InChI is InChI=1S/C8H15NO2/c1-6-5-7-8(9(6)2)11-4-3-10-7/h6-8H,3-5H2,1-2H3. The van der Waals surface area contributed by atoms with Crippen LogP contribution in [-0.2, 0) is 9.47 Å². The van der Waals surface area contributed by atoms with Gasteiger partial charge in [0, 0.05) is 6.04 Å². The van der Waals surface area contributed by atoms with E-state index in [-0.39, 0.29) is 6.23 Å². The summed E-state index contributed by atoms with van der Waals surface area (Å²) in [4.78, 5) is 2.25. The van der Waals surface area contributed by atoms with Crippen LogP contribution in [0.15, 0.2) is 0 Å². The van der Waals surface area contributed by atoms with Crippen LogP contribution in [0.5, 0.6) is 0 Å². The van der Waals surface area contributed by atoms with Gasteiger partial charge in [0.2, 0.25) is 0 Å². The molecule has 0 spiro atoms. The van der Waals surface area contributed by atoms with Crippen LogP contribution in [0.3, 0.4) is 0 Å². The van der Waals surface area contributed by atoms with Crippen molar-refractivity contribution < 1.29 is 9.47 Å². The van der Waals surface area contributed by atoms with Crippen LogP contribution >= 0.6 is 0 Å². The number of hydrogen-bond donors (Lipinski definition) is 0. The van der Waals surface area contributed by atoms with Crippen molar-refractivity contribution in [1.29, 1.82) is 0 Å². The summed E-state index contributed by atoms with van der Waals surface area (Å²) >= 11 is 0. The fourth-order valence-corrected chi connectivity index (χ4v) is 1.88. The predicted octanol–water partition coefficient (Wildman–Crippen LogP) is 0.452. The fraction of sp³-hybridized carbons (Fsp3) is 1.00. The number of nitrogens with zero attached hydrogens (tertiary/aromatic N) is 1. The van der Waals surface area contributed by atoms with Crippen molar-refractivity contribution in [2.24, 2.45) is 0 Å². The second-order valence-electron chi connectivity index (χ2n) is 3.42. The van der Waals surface area contributed by atoms with Crippen LogP contribution in [0, 0.1) is 0 Å². The van der Waals surface area contributed by atoms with Crippen molar-refractivity contribution in [3.05, 3.63) is 0 Å². The van der Waals surface area contributed by atoms with Crippen LogP contribution in [0.25, 0.3) is 0 Å².